The van der Waals surface area contributed by atoms with Crippen LogP contribution in [0.3, 0.4) is 0 Å². The van der Waals surface area contributed by atoms with Crippen molar-refractivity contribution in [1.82, 2.24) is 0 Å². The maximum absolute atomic E-state index is 5.92. The van der Waals surface area contributed by atoms with Gasteiger partial charge < -0.3 is 18.5 Å². The van der Waals surface area contributed by atoms with Crippen molar-refractivity contribution in [3.05, 3.63) is 135 Å². The van der Waals surface area contributed by atoms with Crippen molar-refractivity contribution in [2.24, 2.45) is 4.41 Å². The summed E-state index contributed by atoms with van der Waals surface area (Å²) in [6, 6.07) is 44.1. The van der Waals surface area contributed by atoms with E-state index in [1.165, 1.54) is 21.2 Å². The van der Waals surface area contributed by atoms with Crippen molar-refractivity contribution in [1.29, 1.82) is 0 Å². The molecule has 0 heterocycles. The Morgan fingerprint density at radius 2 is 0.731 bits per heavy atom. The molecular formula is C39H63N4P2Si6Y. The summed E-state index contributed by atoms with van der Waals surface area (Å²) in [6.07, 6.45) is 0. The normalized spacial score (nSPS) is 12.0. The first-order valence-corrected chi connectivity index (χ1v) is 38.1. The third-order valence-electron chi connectivity index (χ3n) is 6.74. The van der Waals surface area contributed by atoms with E-state index in [1.54, 1.807) is 0 Å². The molecule has 0 unspecified atom stereocenters. The summed E-state index contributed by atoms with van der Waals surface area (Å²) in [4.78, 5) is 0. The van der Waals surface area contributed by atoms with Crippen LogP contribution in [-0.4, -0.2) is 57.8 Å². The van der Waals surface area contributed by atoms with E-state index in [1.807, 2.05) is 0 Å². The first-order chi connectivity index (χ1) is 23.8. The van der Waals surface area contributed by atoms with Crippen molar-refractivity contribution in [2.45, 2.75) is 91.7 Å². The second kappa shape index (κ2) is 23.7. The summed E-state index contributed by atoms with van der Waals surface area (Å²) in [5.41, 5.74) is 2.69. The second-order valence-electron chi connectivity index (χ2n) is 15.4. The largest absolute Gasteiger partial charge is 3.00 e. The first-order valence-electron chi connectivity index (χ1n) is 17.8. The van der Waals surface area contributed by atoms with Gasteiger partial charge in [-0.2, -0.15) is 0 Å². The Bertz CT molecular complexity index is 1550. The van der Waals surface area contributed by atoms with E-state index >= 15 is 0 Å². The van der Waals surface area contributed by atoms with Gasteiger partial charge in [-0.1, -0.05) is 263 Å². The molecule has 0 aliphatic carbocycles. The second-order valence-corrected chi connectivity index (χ2v) is 40.8. The van der Waals surface area contributed by atoms with Crippen LogP contribution in [0, 0.1) is 0 Å². The number of benzene rings is 4. The molecule has 4 nitrogen and oxygen atoms in total. The molecule has 13 heteroatoms. The molecule has 0 bridgehead atoms. The van der Waals surface area contributed by atoms with Crippen LogP contribution < -0.4 is 21.2 Å². The quantitative estimate of drug-likeness (QED) is 0.100. The van der Waals surface area contributed by atoms with E-state index in [0.717, 1.165) is 0 Å². The van der Waals surface area contributed by atoms with Crippen LogP contribution in [-0.2, 0) is 32.7 Å². The van der Waals surface area contributed by atoms with E-state index in [-0.39, 0.29) is 68.5 Å². The van der Waals surface area contributed by atoms with Gasteiger partial charge in [0, 0.05) is 7.05 Å². The fraction of sp³-hybridized carbons (Fsp3) is 0.359. The van der Waals surface area contributed by atoms with Crippen LogP contribution in [0.4, 0.5) is 0 Å². The Kier molecular flexibility index (Phi) is 22.6. The molecule has 4 aromatic carbocycles. The molecule has 52 heavy (non-hydrogen) atoms. The van der Waals surface area contributed by atoms with Crippen molar-refractivity contribution in [3.63, 3.8) is 0 Å². The monoisotopic (exact) mass is 906 g/mol. The molecule has 4 aromatic rings. The molecule has 0 saturated heterocycles. The van der Waals surface area contributed by atoms with Gasteiger partial charge >= 0.3 is 32.7 Å². The Labute approximate surface area is 354 Å². The van der Waals surface area contributed by atoms with Crippen LogP contribution in [0.5, 0.6) is 0 Å². The molecular weight excluding hydrogens is 844 g/mol. The van der Waals surface area contributed by atoms with Gasteiger partial charge in [0.25, 0.3) is 0 Å². The van der Waals surface area contributed by atoms with Gasteiger partial charge in [0.1, 0.15) is 0 Å². The minimum absolute atomic E-state index is 0. The van der Waals surface area contributed by atoms with Gasteiger partial charge in [-0.05, 0) is 21.2 Å². The summed E-state index contributed by atoms with van der Waals surface area (Å²) in [7, 11) is -9.47. The van der Waals surface area contributed by atoms with Crippen molar-refractivity contribution in [3.8, 4) is 0 Å². The molecule has 4 radical (unpaired) electrons. The molecule has 0 aliphatic heterocycles. The van der Waals surface area contributed by atoms with E-state index in [2.05, 4.69) is 228 Å². The molecule has 0 spiro atoms. The Balaban J connectivity index is 0.000000763. The van der Waals surface area contributed by atoms with Crippen LogP contribution in [0.1, 0.15) is 0 Å². The minimum Gasteiger partial charge on any atom is -0.673 e. The summed E-state index contributed by atoms with van der Waals surface area (Å²) in [6.45, 7) is 32.0. The molecule has 0 fully saturated rings. The summed E-state index contributed by atoms with van der Waals surface area (Å²) < 4.78 is 20.8. The van der Waals surface area contributed by atoms with Gasteiger partial charge in [-0.3, -0.25) is 0 Å². The van der Waals surface area contributed by atoms with Crippen molar-refractivity contribution < 1.29 is 32.7 Å². The van der Waals surface area contributed by atoms with Crippen LogP contribution in [0.25, 0.3) is 14.0 Å². The molecule has 4 rings (SSSR count). The van der Waals surface area contributed by atoms with Crippen molar-refractivity contribution in [2.75, 3.05) is 0 Å². The summed E-state index contributed by atoms with van der Waals surface area (Å²) in [5.74, 6) is 0. The molecule has 0 aliphatic rings. The standard InChI is InChI=1S/C31H39N2P2Si2.2C4H12NSi2.Y/c1-36(2,3)32-34(28-19-11-7-12-20-28,29-21-13-8-14-22-29)27-35(33-37(4,5)6,30-23-15-9-16-24-30)31-25-17-10-18-26-31;2*1-6(2)5-7(3)4;/h7-27H,1-6H3;2*1-4H3;/q3*-1;+3. The Morgan fingerprint density at radius 1 is 0.462 bits per heavy atom. The van der Waals surface area contributed by atoms with E-state index in [4.69, 9.17) is 9.16 Å². The van der Waals surface area contributed by atoms with Gasteiger partial charge in [-0.15, -0.1) is 7.04 Å². The predicted octanol–water partition coefficient (Wildman–Crippen LogP) is 11.9. The Morgan fingerprint density at radius 3 is 0.942 bits per heavy atom. The number of rotatable bonds is 12. The third kappa shape index (κ3) is 17.7. The average Bonchev–Trinajstić information content (AvgIpc) is 3.04. The van der Waals surface area contributed by atoms with Gasteiger partial charge in [0.15, 0.2) is 8.24 Å². The summed E-state index contributed by atoms with van der Waals surface area (Å²) >= 11 is 0. The third-order valence-corrected chi connectivity index (χ3v) is 28.2. The molecule has 0 atom stereocenters. The van der Waals surface area contributed by atoms with Crippen LogP contribution in [0.15, 0.2) is 126 Å². The number of hydrogen-bond donors (Lipinski definition) is 0. The topological polar surface area (TPSA) is 54.7 Å². The van der Waals surface area contributed by atoms with Crippen LogP contribution in [0.2, 0.25) is 91.7 Å². The number of hydrogen-bond acceptors (Lipinski definition) is 1. The smallest absolute Gasteiger partial charge is 0.673 e. The summed E-state index contributed by atoms with van der Waals surface area (Å²) in [5, 5.41) is 5.24. The first kappa shape index (κ1) is 49.7. The maximum Gasteiger partial charge on any atom is 3.00 e. The zero-order valence-electron chi connectivity index (χ0n) is 34.4. The van der Waals surface area contributed by atoms with E-state index in [0.29, 0.717) is 0 Å². The van der Waals surface area contributed by atoms with Gasteiger partial charge in [-0.25, -0.2) is 0 Å². The molecule has 0 saturated carbocycles. The number of nitrogens with zero attached hydrogens (tertiary/aromatic N) is 4. The molecule has 276 valence electrons. The fourth-order valence-electron chi connectivity index (χ4n) is 5.55. The zero-order chi connectivity index (χ0) is 38.3. The maximum atomic E-state index is 5.92. The average molecular weight is 907 g/mol. The Hall–Kier alpha value is -0.305. The minimum atomic E-state index is -2.32. The molecule has 0 amide bonds. The molecule has 0 aromatic heterocycles. The van der Waals surface area contributed by atoms with Crippen molar-refractivity contribution >= 4 is 93.2 Å². The molecule has 0 N–H and O–H groups in total. The van der Waals surface area contributed by atoms with Gasteiger partial charge in [0.2, 0.25) is 0 Å². The fourth-order valence-corrected chi connectivity index (χ4v) is 30.6. The van der Waals surface area contributed by atoms with Crippen LogP contribution >= 0.6 is 14.1 Å². The van der Waals surface area contributed by atoms with E-state index in [9.17, 15) is 0 Å². The van der Waals surface area contributed by atoms with Gasteiger partial charge in [0.05, 0.1) is 0 Å². The van der Waals surface area contributed by atoms with E-state index < -0.39 is 30.6 Å². The predicted molar refractivity (Wildman–Crippen MR) is 253 cm³/mol. The SMILES string of the molecule is C[Si](C)(C)N=P(C=P([N-][Si](C)(C)C)(c1ccccc1)c1ccccc1)(c1ccccc1)c1ccccc1.C[Si](C)[N-][Si](C)C.C[Si](C)[N-][Si](C)C.[Y+3]. The zero-order valence-corrected chi connectivity index (χ0v) is 45.0.